The fraction of sp³-hybridized carbons (Fsp3) is 0.625. The van der Waals surface area contributed by atoms with Crippen LogP contribution in [0.2, 0.25) is 0 Å². The molecular weight excluding hydrogens is 432 g/mol. The van der Waals surface area contributed by atoms with Crippen LogP contribution in [0, 0.1) is 0 Å². The van der Waals surface area contributed by atoms with Crippen LogP contribution in [-0.4, -0.2) is 26.4 Å². The number of hydrogen-bond donors (Lipinski definition) is 0. The molecule has 0 unspecified atom stereocenters. The molecule has 2 aromatic carbocycles. The van der Waals surface area contributed by atoms with E-state index >= 15 is 0 Å². The highest BCUT2D eigenvalue weighted by Gasteiger charge is 2.24. The molecule has 0 heterocycles. The van der Waals surface area contributed by atoms with Crippen molar-refractivity contribution in [2.45, 2.75) is 105 Å². The van der Waals surface area contributed by atoms with Crippen LogP contribution in [0.15, 0.2) is 36.4 Å². The maximum Gasteiger partial charge on any atom is 0.123 e. The fourth-order valence-electron chi connectivity index (χ4n) is 3.94. The van der Waals surface area contributed by atoms with Crippen molar-refractivity contribution in [2.24, 2.45) is 0 Å². The minimum absolute atomic E-state index is 0.0125. The first-order valence-corrected chi connectivity index (χ1v) is 13.0. The van der Waals surface area contributed by atoms with Crippen molar-refractivity contribution in [3.63, 3.8) is 0 Å². The molecule has 35 heavy (non-hydrogen) atoms. The highest BCUT2D eigenvalue weighted by Crippen LogP contribution is 2.36. The first-order valence-electron chi connectivity index (χ1n) is 13.0. The van der Waals surface area contributed by atoms with E-state index in [1.54, 1.807) is 0 Å². The standard InChI is InChI=1S/C32H50O3/c1-29(2,3)23-13-15-27(25(21-23)31(7,8)9)34-19-17-33-18-20-35-28-16-14-24(30(4,5)6)22-26(28)32(10,11)12/h13-16,21-22H,17-20H2,1-12H3. The van der Waals surface area contributed by atoms with Crippen molar-refractivity contribution in [2.75, 3.05) is 26.4 Å². The van der Waals surface area contributed by atoms with Crippen LogP contribution in [0.4, 0.5) is 0 Å². The zero-order valence-electron chi connectivity index (χ0n) is 24.5. The Morgan fingerprint density at radius 1 is 0.457 bits per heavy atom. The molecule has 0 bridgehead atoms. The molecule has 2 aromatic rings. The van der Waals surface area contributed by atoms with E-state index in [9.17, 15) is 0 Å². The van der Waals surface area contributed by atoms with Gasteiger partial charge in [0.15, 0.2) is 0 Å². The first kappa shape index (κ1) is 29.2. The van der Waals surface area contributed by atoms with Crippen LogP contribution in [0.3, 0.4) is 0 Å². The minimum atomic E-state index is 0.0125. The summed E-state index contributed by atoms with van der Waals surface area (Å²) in [4.78, 5) is 0. The van der Waals surface area contributed by atoms with Gasteiger partial charge in [-0.05, 0) is 56.0 Å². The van der Waals surface area contributed by atoms with Crippen LogP contribution in [0.1, 0.15) is 105 Å². The number of rotatable bonds is 8. The average Bonchev–Trinajstić information content (AvgIpc) is 2.70. The summed E-state index contributed by atoms with van der Waals surface area (Å²) in [5.41, 5.74) is 5.38. The summed E-state index contributed by atoms with van der Waals surface area (Å²) in [7, 11) is 0. The van der Waals surface area contributed by atoms with Gasteiger partial charge >= 0.3 is 0 Å². The van der Waals surface area contributed by atoms with Crippen molar-refractivity contribution in [3.8, 4) is 11.5 Å². The van der Waals surface area contributed by atoms with Crippen molar-refractivity contribution in [3.05, 3.63) is 58.7 Å². The number of ether oxygens (including phenoxy) is 3. The second kappa shape index (κ2) is 10.9. The summed E-state index contributed by atoms with van der Waals surface area (Å²) in [5.74, 6) is 1.89. The quantitative estimate of drug-likeness (QED) is 0.354. The number of hydrogen-bond acceptors (Lipinski definition) is 3. The molecule has 0 amide bonds. The van der Waals surface area contributed by atoms with Gasteiger partial charge in [-0.3, -0.25) is 0 Å². The maximum absolute atomic E-state index is 6.14. The largest absolute Gasteiger partial charge is 0.491 e. The molecule has 0 spiro atoms. The van der Waals surface area contributed by atoms with Gasteiger partial charge in [0.05, 0.1) is 13.2 Å². The molecule has 3 nitrogen and oxygen atoms in total. The van der Waals surface area contributed by atoms with Gasteiger partial charge in [-0.15, -0.1) is 0 Å². The molecule has 0 fully saturated rings. The Labute approximate surface area is 215 Å². The Bertz CT molecular complexity index is 881. The summed E-state index contributed by atoms with van der Waals surface area (Å²) in [5, 5.41) is 0. The minimum Gasteiger partial charge on any atom is -0.491 e. The second-order valence-corrected chi connectivity index (χ2v) is 13.7. The van der Waals surface area contributed by atoms with Gasteiger partial charge in [-0.25, -0.2) is 0 Å². The monoisotopic (exact) mass is 482 g/mol. The number of benzene rings is 2. The van der Waals surface area contributed by atoms with Gasteiger partial charge in [0.25, 0.3) is 0 Å². The molecule has 0 aromatic heterocycles. The Hall–Kier alpha value is -2.00. The average molecular weight is 483 g/mol. The van der Waals surface area contributed by atoms with Gasteiger partial charge in [0, 0.05) is 0 Å². The van der Waals surface area contributed by atoms with Crippen LogP contribution in [-0.2, 0) is 26.4 Å². The van der Waals surface area contributed by atoms with Gasteiger partial charge < -0.3 is 14.2 Å². The lowest BCUT2D eigenvalue weighted by molar-refractivity contribution is 0.0755. The van der Waals surface area contributed by atoms with Gasteiger partial charge in [0.2, 0.25) is 0 Å². The lowest BCUT2D eigenvalue weighted by Crippen LogP contribution is -2.19. The molecule has 0 N–H and O–H groups in total. The van der Waals surface area contributed by atoms with E-state index in [1.807, 2.05) is 0 Å². The SMILES string of the molecule is CC(C)(C)c1ccc(OCCOCCOc2ccc(C(C)(C)C)cc2C(C)(C)C)c(C(C)(C)C)c1. The summed E-state index contributed by atoms with van der Waals surface area (Å²) in [6.07, 6.45) is 0. The summed E-state index contributed by atoms with van der Waals surface area (Å²) in [6.45, 7) is 29.0. The van der Waals surface area contributed by atoms with E-state index in [0.29, 0.717) is 26.4 Å². The van der Waals surface area contributed by atoms with E-state index in [4.69, 9.17) is 14.2 Å². The van der Waals surface area contributed by atoms with Gasteiger partial charge in [-0.2, -0.15) is 0 Å². The van der Waals surface area contributed by atoms with E-state index in [1.165, 1.54) is 22.3 Å². The Balaban J connectivity index is 1.90. The molecule has 0 aliphatic rings. The highest BCUT2D eigenvalue weighted by molar-refractivity contribution is 5.44. The highest BCUT2D eigenvalue weighted by atomic mass is 16.5. The summed E-state index contributed by atoms with van der Waals surface area (Å²) >= 11 is 0. The Kier molecular flexibility index (Phi) is 9.14. The molecule has 3 heteroatoms. The maximum atomic E-state index is 6.14. The van der Waals surface area contributed by atoms with Crippen molar-refractivity contribution >= 4 is 0 Å². The smallest absolute Gasteiger partial charge is 0.123 e. The van der Waals surface area contributed by atoms with E-state index in [0.717, 1.165) is 11.5 Å². The summed E-state index contributed by atoms with van der Waals surface area (Å²) < 4.78 is 18.1. The predicted molar refractivity (Wildman–Crippen MR) is 149 cm³/mol. The lowest BCUT2D eigenvalue weighted by atomic mass is 9.80. The predicted octanol–water partition coefficient (Wildman–Crippen LogP) is 8.35. The third-order valence-electron chi connectivity index (χ3n) is 6.28. The van der Waals surface area contributed by atoms with Crippen molar-refractivity contribution < 1.29 is 14.2 Å². The molecule has 0 saturated carbocycles. The van der Waals surface area contributed by atoms with E-state index in [2.05, 4.69) is 119 Å². The van der Waals surface area contributed by atoms with Crippen LogP contribution in [0.25, 0.3) is 0 Å². The zero-order valence-corrected chi connectivity index (χ0v) is 24.5. The van der Waals surface area contributed by atoms with Gasteiger partial charge in [0.1, 0.15) is 24.7 Å². The normalized spacial score (nSPS) is 13.1. The zero-order chi connectivity index (χ0) is 26.7. The third-order valence-corrected chi connectivity index (χ3v) is 6.28. The van der Waals surface area contributed by atoms with Crippen molar-refractivity contribution in [1.29, 1.82) is 0 Å². The second-order valence-electron chi connectivity index (χ2n) is 13.7. The van der Waals surface area contributed by atoms with Gasteiger partial charge in [-0.1, -0.05) is 107 Å². The molecular formula is C32H50O3. The molecule has 0 aliphatic carbocycles. The summed E-state index contributed by atoms with van der Waals surface area (Å²) in [6, 6.07) is 13.2. The molecule has 0 aliphatic heterocycles. The van der Waals surface area contributed by atoms with Crippen LogP contribution in [0.5, 0.6) is 11.5 Å². The Morgan fingerprint density at radius 2 is 0.800 bits per heavy atom. The molecule has 0 saturated heterocycles. The topological polar surface area (TPSA) is 27.7 Å². The van der Waals surface area contributed by atoms with Crippen LogP contribution >= 0.6 is 0 Å². The first-order chi connectivity index (χ1) is 15.9. The van der Waals surface area contributed by atoms with Crippen molar-refractivity contribution in [1.82, 2.24) is 0 Å². The van der Waals surface area contributed by atoms with E-state index < -0.39 is 0 Å². The van der Waals surface area contributed by atoms with Crippen LogP contribution < -0.4 is 9.47 Å². The molecule has 2 rings (SSSR count). The molecule has 0 atom stereocenters. The van der Waals surface area contributed by atoms with E-state index in [-0.39, 0.29) is 21.7 Å². The fourth-order valence-corrected chi connectivity index (χ4v) is 3.94. The molecule has 196 valence electrons. The lowest BCUT2D eigenvalue weighted by Gasteiger charge is -2.27. The molecule has 0 radical (unpaired) electrons. The third kappa shape index (κ3) is 8.56. The Morgan fingerprint density at radius 3 is 1.09 bits per heavy atom.